The average Bonchev–Trinajstić information content (AvgIpc) is 3.46. The molecule has 190 valence electrons. The summed E-state index contributed by atoms with van der Waals surface area (Å²) in [5.74, 6) is -2.00. The van der Waals surface area contributed by atoms with Crippen LogP contribution in [-0.2, 0) is 18.9 Å². The van der Waals surface area contributed by atoms with Crippen molar-refractivity contribution >= 4 is 11.0 Å². The zero-order valence-corrected chi connectivity index (χ0v) is 18.1. The summed E-state index contributed by atoms with van der Waals surface area (Å²) >= 11 is 0. The minimum atomic E-state index is -5.00. The Bertz CT molecular complexity index is 1590. The van der Waals surface area contributed by atoms with Gasteiger partial charge in [0, 0.05) is 11.6 Å². The van der Waals surface area contributed by atoms with Gasteiger partial charge in [-0.2, -0.15) is 26.3 Å². The molecule has 0 unspecified atom stereocenters. The van der Waals surface area contributed by atoms with Crippen molar-refractivity contribution in [3.63, 3.8) is 0 Å². The first-order valence-corrected chi connectivity index (χ1v) is 10.3. The van der Waals surface area contributed by atoms with E-state index in [1.54, 1.807) is 0 Å². The monoisotopic (exact) mass is 526 g/mol. The molecule has 14 heteroatoms. The maximum atomic E-state index is 14.1. The lowest BCUT2D eigenvalue weighted by molar-refractivity contribution is -0.746. The quantitative estimate of drug-likeness (QED) is 0.233. The van der Waals surface area contributed by atoms with Gasteiger partial charge in [-0.25, -0.2) is 13.8 Å². The number of imidazole rings is 1. The fourth-order valence-corrected chi connectivity index (χ4v) is 3.59. The molecule has 0 amide bonds. The van der Waals surface area contributed by atoms with Crippen LogP contribution >= 0.6 is 0 Å². The number of benzene rings is 2. The molecule has 6 nitrogen and oxygen atoms in total. The molecule has 3 aromatic heterocycles. The minimum absolute atomic E-state index is 0.0217. The molecule has 0 aliphatic carbocycles. The molecule has 1 N–H and O–H groups in total. The Morgan fingerprint density at radius 2 is 1.62 bits per heavy atom. The first-order chi connectivity index (χ1) is 17.4. The van der Waals surface area contributed by atoms with Gasteiger partial charge in [0.25, 0.3) is 0 Å². The molecule has 0 radical (unpaired) electrons. The second kappa shape index (κ2) is 8.64. The van der Waals surface area contributed by atoms with Crippen molar-refractivity contribution in [2.45, 2.75) is 18.9 Å². The second-order valence-electron chi connectivity index (χ2n) is 7.93. The number of alkyl halides is 6. The van der Waals surface area contributed by atoms with E-state index in [2.05, 4.69) is 20.2 Å². The number of fused-ring (bicyclic) bond motifs is 1. The first kappa shape index (κ1) is 24.3. The largest absolute Gasteiger partial charge is 0.416 e. The van der Waals surface area contributed by atoms with E-state index in [1.807, 2.05) is 0 Å². The van der Waals surface area contributed by atoms with Crippen LogP contribution in [0, 0.1) is 11.6 Å². The summed E-state index contributed by atoms with van der Waals surface area (Å²) in [4.78, 5) is 7.02. The maximum absolute atomic E-state index is 14.1. The Labute approximate surface area is 201 Å². The minimum Gasteiger partial charge on any atom is -0.354 e. The van der Waals surface area contributed by atoms with Crippen molar-refractivity contribution < 1.29 is 44.3 Å². The SMILES string of the molecule is Fc1cccc(-c2nc3cn[n+](Cc4cc(-c5cc(C(F)(F)F)cc(C(F)(F)F)c5)no4)cc3[nH]2)c1F. The van der Waals surface area contributed by atoms with E-state index in [-0.39, 0.29) is 35.5 Å². The third kappa shape index (κ3) is 4.86. The smallest absolute Gasteiger partial charge is 0.354 e. The third-order valence-electron chi connectivity index (χ3n) is 5.33. The predicted molar refractivity (Wildman–Crippen MR) is 110 cm³/mol. The summed E-state index contributed by atoms with van der Waals surface area (Å²) in [6.07, 6.45) is -7.23. The Kier molecular flexibility index (Phi) is 5.68. The van der Waals surface area contributed by atoms with Crippen LogP contribution in [0.5, 0.6) is 0 Å². The second-order valence-corrected chi connectivity index (χ2v) is 7.93. The molecule has 37 heavy (non-hydrogen) atoms. The van der Waals surface area contributed by atoms with Crippen molar-refractivity contribution in [3.05, 3.63) is 83.4 Å². The number of hydrogen-bond acceptors (Lipinski definition) is 4. The molecule has 0 saturated carbocycles. The number of nitrogens with one attached hydrogen (secondary N) is 1. The molecule has 0 aliphatic rings. The van der Waals surface area contributed by atoms with Gasteiger partial charge < -0.3 is 9.51 Å². The summed E-state index contributed by atoms with van der Waals surface area (Å²) in [5, 5.41) is 7.71. The molecule has 0 fully saturated rings. The van der Waals surface area contributed by atoms with Crippen LogP contribution in [-0.4, -0.2) is 20.2 Å². The highest BCUT2D eigenvalue weighted by molar-refractivity contribution is 5.77. The van der Waals surface area contributed by atoms with E-state index < -0.39 is 40.7 Å². The Balaban J connectivity index is 1.44. The van der Waals surface area contributed by atoms with Gasteiger partial charge in [0.05, 0.1) is 16.7 Å². The van der Waals surface area contributed by atoms with Gasteiger partial charge in [-0.15, -0.1) is 0 Å². The number of aromatic amines is 1. The summed E-state index contributed by atoms with van der Waals surface area (Å²) in [7, 11) is 0. The highest BCUT2D eigenvalue weighted by atomic mass is 19.4. The fourth-order valence-electron chi connectivity index (χ4n) is 3.59. The van der Waals surface area contributed by atoms with Gasteiger partial charge in [0.1, 0.15) is 28.7 Å². The number of rotatable bonds is 4. The van der Waals surface area contributed by atoms with E-state index in [9.17, 15) is 35.1 Å². The van der Waals surface area contributed by atoms with Gasteiger partial charge in [0.2, 0.25) is 18.5 Å². The normalized spacial score (nSPS) is 12.4. The Morgan fingerprint density at radius 1 is 0.919 bits per heavy atom. The van der Waals surface area contributed by atoms with E-state index in [1.165, 1.54) is 35.3 Å². The topological polar surface area (TPSA) is 71.5 Å². The standard InChI is InChI=1S/C23H11F8N5O/c24-16-3-1-2-15(20(16)25)21-33-18-8-32-36(10-19(18)34-21)9-14-7-17(35-37-14)11-4-12(22(26,27)28)6-13(5-11)23(29,30)31/h1-8,10H,9H2/p+1. The molecule has 3 heterocycles. The van der Waals surface area contributed by atoms with Gasteiger partial charge in [-0.1, -0.05) is 15.9 Å². The lowest BCUT2D eigenvalue weighted by Crippen LogP contribution is -2.37. The van der Waals surface area contributed by atoms with Crippen molar-refractivity contribution in [2.75, 3.05) is 0 Å². The third-order valence-corrected chi connectivity index (χ3v) is 5.33. The number of H-pyrrole nitrogens is 1. The molecular weight excluding hydrogens is 514 g/mol. The van der Waals surface area contributed by atoms with Gasteiger partial charge in [-0.05, 0) is 35.4 Å². The van der Waals surface area contributed by atoms with Crippen LogP contribution in [0.1, 0.15) is 16.9 Å². The molecule has 0 spiro atoms. The van der Waals surface area contributed by atoms with Crippen molar-refractivity contribution in [1.29, 1.82) is 0 Å². The molecule has 5 rings (SSSR count). The van der Waals surface area contributed by atoms with Crippen molar-refractivity contribution in [2.24, 2.45) is 0 Å². The van der Waals surface area contributed by atoms with Gasteiger partial charge in [-0.3, -0.25) is 0 Å². The van der Waals surface area contributed by atoms with E-state index >= 15 is 0 Å². The molecule has 0 atom stereocenters. The lowest BCUT2D eigenvalue weighted by atomic mass is 10.0. The Hall–Kier alpha value is -4.36. The van der Waals surface area contributed by atoms with Crippen LogP contribution in [0.15, 0.2) is 59.4 Å². The highest BCUT2D eigenvalue weighted by Gasteiger charge is 2.37. The Morgan fingerprint density at radius 3 is 2.30 bits per heavy atom. The zero-order valence-electron chi connectivity index (χ0n) is 18.1. The van der Waals surface area contributed by atoms with Crippen LogP contribution in [0.2, 0.25) is 0 Å². The highest BCUT2D eigenvalue weighted by Crippen LogP contribution is 2.38. The summed E-state index contributed by atoms with van der Waals surface area (Å²) in [5.41, 5.74) is -3.00. The number of nitrogens with zero attached hydrogens (tertiary/aromatic N) is 4. The summed E-state index contributed by atoms with van der Waals surface area (Å²) < 4.78 is 113. The van der Waals surface area contributed by atoms with Crippen molar-refractivity contribution in [3.8, 4) is 22.6 Å². The summed E-state index contributed by atoms with van der Waals surface area (Å²) in [6, 6.07) is 5.93. The van der Waals surface area contributed by atoms with E-state index in [0.717, 1.165) is 6.07 Å². The fraction of sp³-hybridized carbons (Fsp3) is 0.130. The van der Waals surface area contributed by atoms with E-state index in [0.29, 0.717) is 23.2 Å². The van der Waals surface area contributed by atoms with Crippen molar-refractivity contribution in [1.82, 2.24) is 20.2 Å². The van der Waals surface area contributed by atoms with Crippen LogP contribution in [0.4, 0.5) is 35.1 Å². The van der Waals surface area contributed by atoms with Gasteiger partial charge in [0.15, 0.2) is 11.6 Å². The molecular formula is C23H12F8N5O+. The average molecular weight is 526 g/mol. The molecule has 5 aromatic rings. The molecule has 0 aliphatic heterocycles. The maximum Gasteiger partial charge on any atom is 0.416 e. The lowest BCUT2D eigenvalue weighted by Gasteiger charge is -2.13. The van der Waals surface area contributed by atoms with Crippen LogP contribution in [0.25, 0.3) is 33.7 Å². The van der Waals surface area contributed by atoms with E-state index in [4.69, 9.17) is 4.52 Å². The molecule has 2 aromatic carbocycles. The number of halogens is 8. The molecule has 0 bridgehead atoms. The number of aromatic nitrogens is 5. The zero-order chi connectivity index (χ0) is 26.5. The number of hydrogen-bond donors (Lipinski definition) is 1. The van der Waals surface area contributed by atoms with Gasteiger partial charge >= 0.3 is 12.4 Å². The predicted octanol–water partition coefficient (Wildman–Crippen LogP) is 5.93. The summed E-state index contributed by atoms with van der Waals surface area (Å²) in [6.45, 7) is -0.100. The first-order valence-electron chi connectivity index (χ1n) is 10.3. The van der Waals surface area contributed by atoms with Crippen LogP contribution in [0.3, 0.4) is 0 Å². The van der Waals surface area contributed by atoms with Crippen LogP contribution < -0.4 is 4.68 Å². The molecule has 0 saturated heterocycles.